The van der Waals surface area contributed by atoms with E-state index in [2.05, 4.69) is 20.5 Å². The maximum Gasteiger partial charge on any atom is 0.335 e. The molecule has 3 rings (SSSR count). The monoisotopic (exact) mass is 605 g/mol. The first-order valence-electron chi connectivity index (χ1n) is 11.8. The Morgan fingerprint density at radius 2 is 1.56 bits per heavy atom. The van der Waals surface area contributed by atoms with E-state index in [1.807, 2.05) is 0 Å². The van der Waals surface area contributed by atoms with Gasteiger partial charge >= 0.3 is 5.97 Å². The van der Waals surface area contributed by atoms with E-state index in [1.54, 1.807) is 13.8 Å². The first-order valence-corrected chi connectivity index (χ1v) is 14.7. The number of methoxy groups -OCH3 is 1. The lowest BCUT2D eigenvalue weighted by Crippen LogP contribution is -2.30. The van der Waals surface area contributed by atoms with Crippen molar-refractivity contribution in [3.05, 3.63) is 54.1 Å². The summed E-state index contributed by atoms with van der Waals surface area (Å²) in [6, 6.07) is 10.2. The number of aromatic carboxylic acids is 1. The highest BCUT2D eigenvalue weighted by Gasteiger charge is 2.24. The molecular weight excluding hydrogens is 578 g/mol. The molecule has 0 saturated carbocycles. The standard InChI is InChI=1S/C24H27N7O8S2/c1-4-31(5-2)40(34,35)16-9-10-19(39-3)17(12-16)28-30-23-21(25)18(13-20(22(23)26)41(36,37)38)29-27-15-8-6-7-14(11-15)24(32)33/h6-13H,4-5,25-26H2,1-3H3,(H,32,33)(H,36,37,38). The number of nitrogens with zero attached hydrogens (tertiary/aromatic N) is 5. The fourth-order valence-electron chi connectivity index (χ4n) is 3.60. The van der Waals surface area contributed by atoms with Crippen molar-refractivity contribution in [1.82, 2.24) is 4.31 Å². The molecule has 0 amide bonds. The van der Waals surface area contributed by atoms with Crippen LogP contribution in [-0.2, 0) is 20.1 Å². The largest absolute Gasteiger partial charge is 0.494 e. The van der Waals surface area contributed by atoms with Crippen LogP contribution in [-0.4, -0.2) is 57.0 Å². The number of carbonyl (C=O) groups is 1. The summed E-state index contributed by atoms with van der Waals surface area (Å²) in [7, 11) is -7.45. The van der Waals surface area contributed by atoms with Crippen molar-refractivity contribution in [2.75, 3.05) is 31.7 Å². The van der Waals surface area contributed by atoms with Gasteiger partial charge in [0.05, 0.1) is 34.6 Å². The van der Waals surface area contributed by atoms with Gasteiger partial charge in [-0.15, -0.1) is 15.3 Å². The second kappa shape index (κ2) is 12.4. The second-order valence-electron chi connectivity index (χ2n) is 8.22. The molecule has 0 aliphatic carbocycles. The Morgan fingerprint density at radius 3 is 2.15 bits per heavy atom. The summed E-state index contributed by atoms with van der Waals surface area (Å²) in [6.07, 6.45) is 0. The number of ether oxygens (including phenoxy) is 1. The summed E-state index contributed by atoms with van der Waals surface area (Å²) < 4.78 is 66.3. The number of hydrogen-bond donors (Lipinski definition) is 4. The number of sulfonamides is 1. The molecular formula is C24H27N7O8S2. The summed E-state index contributed by atoms with van der Waals surface area (Å²) in [6.45, 7) is 3.84. The molecule has 0 atom stereocenters. The highest BCUT2D eigenvalue weighted by atomic mass is 32.2. The van der Waals surface area contributed by atoms with Crippen LogP contribution in [0.4, 0.5) is 34.1 Å². The van der Waals surface area contributed by atoms with E-state index in [0.29, 0.717) is 0 Å². The summed E-state index contributed by atoms with van der Waals surface area (Å²) in [4.78, 5) is 10.3. The van der Waals surface area contributed by atoms with Crippen molar-refractivity contribution in [1.29, 1.82) is 0 Å². The fraction of sp³-hybridized carbons (Fsp3) is 0.208. The van der Waals surface area contributed by atoms with E-state index < -0.39 is 42.4 Å². The molecule has 0 aliphatic rings. The van der Waals surface area contributed by atoms with Gasteiger partial charge < -0.3 is 21.3 Å². The van der Waals surface area contributed by atoms with Gasteiger partial charge in [0.25, 0.3) is 10.1 Å². The summed E-state index contributed by atoms with van der Waals surface area (Å²) >= 11 is 0. The first kappa shape index (κ1) is 31.1. The van der Waals surface area contributed by atoms with Crippen molar-refractivity contribution in [3.8, 4) is 5.75 Å². The first-order chi connectivity index (χ1) is 19.2. The van der Waals surface area contributed by atoms with Gasteiger partial charge in [-0.05, 0) is 42.5 Å². The van der Waals surface area contributed by atoms with Gasteiger partial charge in [0, 0.05) is 13.1 Å². The van der Waals surface area contributed by atoms with Crippen LogP contribution in [0.5, 0.6) is 5.75 Å². The smallest absolute Gasteiger partial charge is 0.335 e. The zero-order valence-electron chi connectivity index (χ0n) is 22.1. The molecule has 0 radical (unpaired) electrons. The maximum absolute atomic E-state index is 13.0. The number of nitrogens with two attached hydrogens (primary N) is 2. The third-order valence-electron chi connectivity index (χ3n) is 5.71. The van der Waals surface area contributed by atoms with Crippen molar-refractivity contribution in [2.45, 2.75) is 23.6 Å². The molecule has 15 nitrogen and oxygen atoms in total. The Hall–Kier alpha value is -4.45. The number of nitrogen functional groups attached to an aromatic ring is 2. The van der Waals surface area contributed by atoms with Gasteiger partial charge in [0.1, 0.15) is 27.7 Å². The normalized spacial score (nSPS) is 12.4. The number of azo groups is 2. The minimum Gasteiger partial charge on any atom is -0.494 e. The minimum absolute atomic E-state index is 0.0505. The lowest BCUT2D eigenvalue weighted by Gasteiger charge is -2.18. The van der Waals surface area contributed by atoms with E-state index in [1.165, 1.54) is 53.9 Å². The highest BCUT2D eigenvalue weighted by Crippen LogP contribution is 2.44. The van der Waals surface area contributed by atoms with Crippen LogP contribution in [0.15, 0.2) is 78.8 Å². The minimum atomic E-state index is -4.90. The van der Waals surface area contributed by atoms with Crippen LogP contribution < -0.4 is 16.2 Å². The molecule has 0 aromatic heterocycles. The van der Waals surface area contributed by atoms with Gasteiger partial charge in [-0.2, -0.15) is 17.8 Å². The van der Waals surface area contributed by atoms with Gasteiger partial charge in [0.15, 0.2) is 0 Å². The van der Waals surface area contributed by atoms with Crippen LogP contribution in [0.1, 0.15) is 24.2 Å². The molecule has 0 aliphatic heterocycles. The van der Waals surface area contributed by atoms with E-state index in [4.69, 9.17) is 21.3 Å². The molecule has 0 spiro atoms. The van der Waals surface area contributed by atoms with Crippen molar-refractivity contribution >= 4 is 60.2 Å². The van der Waals surface area contributed by atoms with Crippen LogP contribution in [0.3, 0.4) is 0 Å². The highest BCUT2D eigenvalue weighted by molar-refractivity contribution is 7.89. The number of rotatable bonds is 11. The van der Waals surface area contributed by atoms with Crippen molar-refractivity contribution in [3.63, 3.8) is 0 Å². The van der Waals surface area contributed by atoms with Crippen LogP contribution in [0.2, 0.25) is 0 Å². The summed E-state index contributed by atoms with van der Waals surface area (Å²) in [5.74, 6) is -1.07. The SMILES string of the molecule is CCN(CC)S(=O)(=O)c1ccc(OC)c(N=Nc2c(N)c(N=Nc3cccc(C(=O)O)c3)cc(S(=O)(=O)O)c2N)c1. The van der Waals surface area contributed by atoms with Gasteiger partial charge in [-0.3, -0.25) is 4.55 Å². The predicted octanol–water partition coefficient (Wildman–Crippen LogP) is 4.67. The predicted molar refractivity (Wildman–Crippen MR) is 150 cm³/mol. The lowest BCUT2D eigenvalue weighted by atomic mass is 10.2. The van der Waals surface area contributed by atoms with Gasteiger partial charge in [-0.1, -0.05) is 19.9 Å². The van der Waals surface area contributed by atoms with E-state index >= 15 is 0 Å². The van der Waals surface area contributed by atoms with Crippen molar-refractivity contribution in [2.24, 2.45) is 20.5 Å². The average Bonchev–Trinajstić information content (AvgIpc) is 2.92. The molecule has 3 aromatic carbocycles. The van der Waals surface area contributed by atoms with E-state index in [0.717, 1.165) is 6.07 Å². The molecule has 0 saturated heterocycles. The van der Waals surface area contributed by atoms with Crippen LogP contribution in [0.25, 0.3) is 0 Å². The van der Waals surface area contributed by atoms with Crippen LogP contribution >= 0.6 is 0 Å². The number of hydrogen-bond acceptors (Lipinski definition) is 12. The van der Waals surface area contributed by atoms with Gasteiger partial charge in [-0.25, -0.2) is 13.2 Å². The molecule has 0 heterocycles. The Bertz CT molecular complexity index is 1750. The number of anilines is 2. The van der Waals surface area contributed by atoms with E-state index in [-0.39, 0.29) is 52.0 Å². The zero-order valence-corrected chi connectivity index (χ0v) is 23.7. The maximum atomic E-state index is 13.0. The molecule has 0 unspecified atom stereocenters. The Labute approximate surface area is 236 Å². The quantitative estimate of drug-likeness (QED) is 0.134. The summed E-state index contributed by atoms with van der Waals surface area (Å²) in [5.41, 5.74) is 10.6. The Kier molecular flexibility index (Phi) is 9.38. The van der Waals surface area contributed by atoms with Crippen LogP contribution in [0, 0.1) is 0 Å². The third-order valence-corrected chi connectivity index (χ3v) is 8.65. The molecule has 41 heavy (non-hydrogen) atoms. The third kappa shape index (κ3) is 6.83. The Balaban J connectivity index is 2.17. The zero-order chi connectivity index (χ0) is 30.5. The number of carboxylic acid groups (broad SMARTS) is 1. The van der Waals surface area contributed by atoms with Gasteiger partial charge in [0.2, 0.25) is 10.0 Å². The summed E-state index contributed by atoms with van der Waals surface area (Å²) in [5, 5.41) is 24.9. The molecule has 0 fully saturated rings. The molecule has 3 aromatic rings. The Morgan fingerprint density at radius 1 is 0.902 bits per heavy atom. The number of carboxylic acids is 1. The number of benzene rings is 3. The molecule has 0 bridgehead atoms. The lowest BCUT2D eigenvalue weighted by molar-refractivity contribution is 0.0697. The van der Waals surface area contributed by atoms with Crippen molar-refractivity contribution < 1.29 is 36.0 Å². The van der Waals surface area contributed by atoms with E-state index in [9.17, 15) is 26.2 Å². The topological polar surface area (TPSA) is 240 Å². The molecule has 6 N–H and O–H groups in total. The average molecular weight is 606 g/mol. The molecule has 218 valence electrons. The molecule has 17 heteroatoms. The second-order valence-corrected chi connectivity index (χ2v) is 11.6. The fourth-order valence-corrected chi connectivity index (χ4v) is 5.72.